The number of pyridine rings is 1. The highest BCUT2D eigenvalue weighted by Gasteiger charge is 2.58. The third kappa shape index (κ3) is 3.95. The van der Waals surface area contributed by atoms with E-state index in [2.05, 4.69) is 25.8 Å². The molecule has 1 saturated carbocycles. The van der Waals surface area contributed by atoms with E-state index < -0.39 is 17.5 Å². The summed E-state index contributed by atoms with van der Waals surface area (Å²) < 4.78 is 47.8. The average molecular weight is 519 g/mol. The summed E-state index contributed by atoms with van der Waals surface area (Å²) in [4.78, 5) is 4.29. The molecular formula is C24H26ClF3N8. The first-order valence-electron chi connectivity index (χ1n) is 11.6. The summed E-state index contributed by atoms with van der Waals surface area (Å²) in [5.74, 6) is -1.42. The zero-order valence-corrected chi connectivity index (χ0v) is 20.6. The fourth-order valence-corrected chi connectivity index (χ4v) is 5.22. The molecule has 3 N–H and O–H groups in total. The number of anilines is 1. The zero-order valence-electron chi connectivity index (χ0n) is 19.8. The lowest BCUT2D eigenvalue weighted by Crippen LogP contribution is -2.50. The quantitative estimate of drug-likeness (QED) is 0.382. The maximum atomic E-state index is 15.1. The van der Waals surface area contributed by atoms with Crippen molar-refractivity contribution >= 4 is 23.6 Å². The molecule has 8 nitrogen and oxygen atoms in total. The van der Waals surface area contributed by atoms with Crippen LogP contribution >= 0.6 is 11.6 Å². The maximum absolute atomic E-state index is 15.1. The number of nitrogens with zero attached hydrogens (tertiary/aromatic N) is 5. The van der Waals surface area contributed by atoms with Crippen LogP contribution in [0.25, 0.3) is 22.6 Å². The van der Waals surface area contributed by atoms with Gasteiger partial charge in [-0.1, -0.05) is 18.0 Å². The fourth-order valence-electron chi connectivity index (χ4n) is 5.01. The van der Waals surface area contributed by atoms with Crippen LogP contribution in [0.2, 0.25) is 5.02 Å². The Bertz CT molecular complexity index is 1340. The molecule has 3 aromatic rings. The Labute approximate surface area is 211 Å². The van der Waals surface area contributed by atoms with Crippen LogP contribution in [0.5, 0.6) is 0 Å². The largest absolute Gasteiger partial charge is 0.375 e. The van der Waals surface area contributed by atoms with Crippen LogP contribution in [0.3, 0.4) is 0 Å². The van der Waals surface area contributed by atoms with E-state index in [0.29, 0.717) is 58.6 Å². The highest BCUT2D eigenvalue weighted by Crippen LogP contribution is 2.53. The highest BCUT2D eigenvalue weighted by molar-refractivity contribution is 6.33. The van der Waals surface area contributed by atoms with Gasteiger partial charge in [-0.25, -0.2) is 18.2 Å². The standard InChI is InChI=1S/C24H26ClF3N8/c1-23(27,28)24(5-3-6-24)22-34-33-21-18-8-14(11-35(18)12-15(26)13-36(21)22)16-9-20(31-10-17(16)25)32-19(30-2)4-7-29/h4,7-11,15,29-30H,3,5-6,12-13H2,1-2H3,(H,31,32)/b19-4+,29-7?/t15-/m0/s1. The third-order valence-corrected chi connectivity index (χ3v) is 7.38. The maximum Gasteiger partial charge on any atom is 0.257 e. The SMILES string of the molecule is CN/C(=C\C=N)Nc1cc(-c2cc3n(c2)C[C@H](F)Cn2c-3nnc2C2(C(C)(F)F)CCC2)c(Cl)cn1. The minimum Gasteiger partial charge on any atom is -0.375 e. The molecule has 36 heavy (non-hydrogen) atoms. The van der Waals surface area contributed by atoms with Crippen molar-refractivity contribution in [2.75, 3.05) is 12.4 Å². The number of nitrogens with one attached hydrogen (secondary N) is 3. The van der Waals surface area contributed by atoms with E-state index in [-0.39, 0.29) is 18.9 Å². The van der Waals surface area contributed by atoms with Crippen molar-refractivity contribution in [1.29, 1.82) is 5.41 Å². The van der Waals surface area contributed by atoms with E-state index in [1.165, 1.54) is 16.8 Å². The molecule has 0 radical (unpaired) electrons. The van der Waals surface area contributed by atoms with Gasteiger partial charge in [-0.05, 0) is 31.1 Å². The number of fused-ring (bicyclic) bond motifs is 3. The Morgan fingerprint density at radius 2 is 2.06 bits per heavy atom. The minimum atomic E-state index is -2.99. The molecule has 3 aromatic heterocycles. The molecule has 0 aromatic carbocycles. The fraction of sp³-hybridized carbons (Fsp3) is 0.417. The van der Waals surface area contributed by atoms with Gasteiger partial charge in [0.2, 0.25) is 0 Å². The average Bonchev–Trinajstić information content (AvgIpc) is 3.34. The first-order valence-corrected chi connectivity index (χ1v) is 12.0. The van der Waals surface area contributed by atoms with Gasteiger partial charge in [0.1, 0.15) is 23.6 Å². The van der Waals surface area contributed by atoms with Crippen LogP contribution in [-0.4, -0.2) is 49.7 Å². The van der Waals surface area contributed by atoms with Crippen molar-refractivity contribution in [2.24, 2.45) is 0 Å². The van der Waals surface area contributed by atoms with Gasteiger partial charge < -0.3 is 25.2 Å². The van der Waals surface area contributed by atoms with Crippen LogP contribution in [0.1, 0.15) is 32.0 Å². The number of rotatable bonds is 7. The lowest BCUT2D eigenvalue weighted by atomic mass is 9.64. The predicted octanol–water partition coefficient (Wildman–Crippen LogP) is 5.01. The van der Waals surface area contributed by atoms with E-state index in [4.69, 9.17) is 17.0 Å². The molecule has 4 heterocycles. The second-order valence-electron chi connectivity index (χ2n) is 9.32. The van der Waals surface area contributed by atoms with Crippen LogP contribution in [0.15, 0.2) is 36.4 Å². The molecule has 2 aliphatic rings. The van der Waals surface area contributed by atoms with Crippen LogP contribution in [0, 0.1) is 5.41 Å². The van der Waals surface area contributed by atoms with Crippen LogP contribution < -0.4 is 10.6 Å². The lowest BCUT2D eigenvalue weighted by Gasteiger charge is -2.44. The van der Waals surface area contributed by atoms with Crippen molar-refractivity contribution in [3.05, 3.63) is 47.3 Å². The molecule has 1 aliphatic carbocycles. The molecule has 0 saturated heterocycles. The summed E-state index contributed by atoms with van der Waals surface area (Å²) in [7, 11) is 1.71. The molecule has 1 atom stereocenters. The van der Waals surface area contributed by atoms with Gasteiger partial charge in [0.25, 0.3) is 5.92 Å². The molecule has 0 spiro atoms. The Balaban J connectivity index is 1.57. The molecule has 190 valence electrons. The topological polar surface area (TPSA) is 96.4 Å². The second-order valence-corrected chi connectivity index (χ2v) is 9.72. The van der Waals surface area contributed by atoms with Crippen LogP contribution in [-0.2, 0) is 18.5 Å². The van der Waals surface area contributed by atoms with E-state index in [1.807, 2.05) is 6.07 Å². The van der Waals surface area contributed by atoms with E-state index >= 15 is 4.39 Å². The second kappa shape index (κ2) is 8.95. The Morgan fingerprint density at radius 1 is 1.28 bits per heavy atom. The van der Waals surface area contributed by atoms with Gasteiger partial charge in [0.05, 0.1) is 29.2 Å². The molecule has 1 fully saturated rings. The summed E-state index contributed by atoms with van der Waals surface area (Å²) >= 11 is 6.47. The first kappa shape index (κ1) is 24.4. The summed E-state index contributed by atoms with van der Waals surface area (Å²) in [6.45, 7) is 0.877. The molecule has 5 rings (SSSR count). The van der Waals surface area contributed by atoms with Gasteiger partial charge in [-0.15, -0.1) is 10.2 Å². The predicted molar refractivity (Wildman–Crippen MR) is 132 cm³/mol. The molecule has 12 heteroatoms. The van der Waals surface area contributed by atoms with E-state index in [9.17, 15) is 8.78 Å². The van der Waals surface area contributed by atoms with Gasteiger partial charge in [0, 0.05) is 43.7 Å². The van der Waals surface area contributed by atoms with Gasteiger partial charge in [-0.3, -0.25) is 0 Å². The molecule has 0 amide bonds. The Hall–Kier alpha value is -3.34. The highest BCUT2D eigenvalue weighted by atomic mass is 35.5. The normalized spacial score (nSPS) is 19.1. The monoisotopic (exact) mass is 518 g/mol. The van der Waals surface area contributed by atoms with Crippen molar-refractivity contribution in [3.8, 4) is 22.6 Å². The summed E-state index contributed by atoms with van der Waals surface area (Å²) in [6, 6.07) is 3.56. The Morgan fingerprint density at radius 3 is 2.69 bits per heavy atom. The number of aromatic nitrogens is 5. The van der Waals surface area contributed by atoms with Gasteiger partial charge in [-0.2, -0.15) is 0 Å². The summed E-state index contributed by atoms with van der Waals surface area (Å²) in [6.07, 6.45) is 5.91. The van der Waals surface area contributed by atoms with Crippen molar-refractivity contribution in [2.45, 2.75) is 56.8 Å². The third-order valence-electron chi connectivity index (χ3n) is 7.08. The van der Waals surface area contributed by atoms with Gasteiger partial charge in [0.15, 0.2) is 5.82 Å². The van der Waals surface area contributed by atoms with E-state index in [1.54, 1.807) is 23.9 Å². The Kier molecular flexibility index (Phi) is 6.06. The number of allylic oxidation sites excluding steroid dienone is 1. The molecule has 1 aliphatic heterocycles. The molecule has 0 unspecified atom stereocenters. The minimum absolute atomic E-state index is 0.0490. The van der Waals surface area contributed by atoms with Crippen molar-refractivity contribution in [3.63, 3.8) is 0 Å². The molecular weight excluding hydrogens is 493 g/mol. The summed E-state index contributed by atoms with van der Waals surface area (Å²) in [5.41, 5.74) is 0.510. The smallest absolute Gasteiger partial charge is 0.257 e. The molecule has 0 bridgehead atoms. The number of alkyl halides is 3. The van der Waals surface area contributed by atoms with E-state index in [0.717, 1.165) is 13.1 Å². The number of hydrogen-bond acceptors (Lipinski definition) is 6. The number of hydrogen-bond donors (Lipinski definition) is 3. The van der Waals surface area contributed by atoms with Crippen LogP contribution in [0.4, 0.5) is 19.0 Å². The van der Waals surface area contributed by atoms with Crippen molar-refractivity contribution < 1.29 is 13.2 Å². The first-order chi connectivity index (χ1) is 17.2. The lowest BCUT2D eigenvalue weighted by molar-refractivity contribution is -0.103. The van der Waals surface area contributed by atoms with Crippen molar-refractivity contribution in [1.82, 2.24) is 29.6 Å². The summed E-state index contributed by atoms with van der Waals surface area (Å²) in [5, 5.41) is 22.1. The van der Waals surface area contributed by atoms with Gasteiger partial charge >= 0.3 is 0 Å². The number of halogens is 4. The zero-order chi connectivity index (χ0) is 25.7.